The third-order valence-electron chi connectivity index (χ3n) is 4.37. The first-order valence-electron chi connectivity index (χ1n) is 8.05. The van der Waals surface area contributed by atoms with Gasteiger partial charge in [-0.25, -0.2) is 10.9 Å². The zero-order valence-electron chi connectivity index (χ0n) is 12.9. The van der Waals surface area contributed by atoms with Gasteiger partial charge in [-0.05, 0) is 31.2 Å². The maximum absolute atomic E-state index is 12.2. The highest BCUT2D eigenvalue weighted by Gasteiger charge is 2.30. The van der Waals surface area contributed by atoms with Crippen molar-refractivity contribution in [3.63, 3.8) is 0 Å². The Morgan fingerprint density at radius 1 is 1.00 bits per heavy atom. The fraction of sp³-hybridized carbons (Fsp3) is 0.412. The zero-order chi connectivity index (χ0) is 16.1. The van der Waals surface area contributed by atoms with Gasteiger partial charge in [0.2, 0.25) is 5.91 Å². The number of carbonyl (C=O) groups excluding carboxylic acids is 2. The van der Waals surface area contributed by atoms with Gasteiger partial charge < -0.3 is 0 Å². The summed E-state index contributed by atoms with van der Waals surface area (Å²) < 4.78 is 0. The predicted octanol–water partition coefficient (Wildman–Crippen LogP) is 1.10. The van der Waals surface area contributed by atoms with E-state index < -0.39 is 0 Å². The van der Waals surface area contributed by atoms with E-state index in [9.17, 15) is 9.59 Å². The molecule has 1 aromatic rings. The van der Waals surface area contributed by atoms with Crippen LogP contribution in [-0.2, 0) is 9.59 Å². The number of nitrogens with one attached hydrogen (secondary N) is 4. The second-order valence-electron chi connectivity index (χ2n) is 6.00. The van der Waals surface area contributed by atoms with Crippen LogP contribution in [0.15, 0.2) is 42.5 Å². The topological polar surface area (TPSA) is 82.3 Å². The van der Waals surface area contributed by atoms with Crippen LogP contribution in [0.5, 0.6) is 0 Å². The monoisotopic (exact) mass is 314 g/mol. The van der Waals surface area contributed by atoms with Crippen molar-refractivity contribution in [2.45, 2.75) is 37.8 Å². The van der Waals surface area contributed by atoms with E-state index in [1.54, 1.807) is 0 Å². The Hall–Kier alpha value is -2.18. The summed E-state index contributed by atoms with van der Waals surface area (Å²) in [5.74, 6) is -0.393. The minimum atomic E-state index is -0.369. The van der Waals surface area contributed by atoms with Crippen LogP contribution in [0.25, 0.3) is 0 Å². The molecule has 23 heavy (non-hydrogen) atoms. The van der Waals surface area contributed by atoms with Crippen LogP contribution in [0, 0.1) is 5.92 Å². The molecule has 3 unspecified atom stereocenters. The Balaban J connectivity index is 1.46. The highest BCUT2D eigenvalue weighted by Crippen LogP contribution is 2.21. The molecule has 1 heterocycles. The van der Waals surface area contributed by atoms with Gasteiger partial charge in [0.15, 0.2) is 0 Å². The highest BCUT2D eigenvalue weighted by molar-refractivity contribution is 5.86. The second-order valence-corrected chi connectivity index (χ2v) is 6.00. The van der Waals surface area contributed by atoms with Crippen LogP contribution >= 0.6 is 0 Å². The Kier molecular flexibility index (Phi) is 5.05. The normalized spacial score (nSPS) is 26.7. The summed E-state index contributed by atoms with van der Waals surface area (Å²) in [5.41, 5.74) is 12.3. The molecular formula is C17H22N4O2. The highest BCUT2D eigenvalue weighted by atomic mass is 16.2. The number of amides is 2. The molecule has 1 aliphatic carbocycles. The number of carbonyl (C=O) groups is 2. The van der Waals surface area contributed by atoms with Crippen LogP contribution < -0.4 is 21.7 Å². The van der Waals surface area contributed by atoms with Crippen molar-refractivity contribution in [3.05, 3.63) is 48.0 Å². The summed E-state index contributed by atoms with van der Waals surface area (Å²) >= 11 is 0. The van der Waals surface area contributed by atoms with E-state index >= 15 is 0 Å². The molecule has 6 nitrogen and oxygen atoms in total. The SMILES string of the molecule is O=C(NNC(=O)C1CC(c2ccccc2)NN1)C1CC=CCC1. The molecule has 1 fully saturated rings. The predicted molar refractivity (Wildman–Crippen MR) is 86.6 cm³/mol. The van der Waals surface area contributed by atoms with Crippen molar-refractivity contribution in [2.24, 2.45) is 5.92 Å². The van der Waals surface area contributed by atoms with Crippen LogP contribution in [0.1, 0.15) is 37.3 Å². The molecule has 1 aromatic carbocycles. The first-order valence-corrected chi connectivity index (χ1v) is 8.05. The molecule has 0 aromatic heterocycles. The number of rotatable bonds is 3. The van der Waals surface area contributed by atoms with E-state index in [1.807, 2.05) is 36.4 Å². The number of hydrogen-bond acceptors (Lipinski definition) is 4. The largest absolute Gasteiger partial charge is 0.273 e. The van der Waals surface area contributed by atoms with Gasteiger partial charge in [0, 0.05) is 12.0 Å². The molecule has 0 spiro atoms. The van der Waals surface area contributed by atoms with Crippen molar-refractivity contribution < 1.29 is 9.59 Å². The molecule has 3 rings (SSSR count). The lowest BCUT2D eigenvalue weighted by Crippen LogP contribution is -2.51. The molecule has 3 atom stereocenters. The molecule has 1 saturated heterocycles. The lowest BCUT2D eigenvalue weighted by atomic mass is 9.94. The summed E-state index contributed by atoms with van der Waals surface area (Å²) in [6, 6.07) is 9.69. The Morgan fingerprint density at radius 3 is 2.52 bits per heavy atom. The molecule has 4 N–H and O–H groups in total. The van der Waals surface area contributed by atoms with Crippen molar-refractivity contribution in [1.29, 1.82) is 0 Å². The maximum atomic E-state index is 12.2. The smallest absolute Gasteiger partial charge is 0.256 e. The average molecular weight is 314 g/mol. The van der Waals surface area contributed by atoms with Gasteiger partial charge in [0.25, 0.3) is 5.91 Å². The second kappa shape index (κ2) is 7.39. The Morgan fingerprint density at radius 2 is 1.78 bits per heavy atom. The number of benzene rings is 1. The summed E-state index contributed by atoms with van der Waals surface area (Å²) in [4.78, 5) is 24.2. The van der Waals surface area contributed by atoms with Gasteiger partial charge in [-0.1, -0.05) is 42.5 Å². The molecular weight excluding hydrogens is 292 g/mol. The molecule has 0 saturated carbocycles. The van der Waals surface area contributed by atoms with Crippen LogP contribution in [0.4, 0.5) is 0 Å². The molecule has 2 amide bonds. The van der Waals surface area contributed by atoms with E-state index in [0.717, 1.165) is 24.8 Å². The minimum absolute atomic E-state index is 0.0490. The summed E-state index contributed by atoms with van der Waals surface area (Å²) in [6.45, 7) is 0. The van der Waals surface area contributed by atoms with Gasteiger partial charge in [0.1, 0.15) is 6.04 Å². The van der Waals surface area contributed by atoms with Gasteiger partial charge in [0.05, 0.1) is 0 Å². The fourth-order valence-corrected chi connectivity index (χ4v) is 2.98. The summed E-state index contributed by atoms with van der Waals surface area (Å²) in [7, 11) is 0. The molecule has 6 heteroatoms. The van der Waals surface area contributed by atoms with Crippen molar-refractivity contribution in [3.8, 4) is 0 Å². The Labute approximate surface area is 135 Å². The van der Waals surface area contributed by atoms with E-state index in [2.05, 4.69) is 27.8 Å². The lowest BCUT2D eigenvalue weighted by molar-refractivity contribution is -0.132. The van der Waals surface area contributed by atoms with E-state index in [-0.39, 0.29) is 29.8 Å². The quantitative estimate of drug-likeness (QED) is 0.497. The molecule has 0 radical (unpaired) electrons. The maximum Gasteiger partial charge on any atom is 0.256 e. The van der Waals surface area contributed by atoms with Crippen LogP contribution in [-0.4, -0.2) is 17.9 Å². The van der Waals surface area contributed by atoms with Gasteiger partial charge in [-0.15, -0.1) is 0 Å². The molecule has 122 valence electrons. The number of allylic oxidation sites excluding steroid dienone is 2. The van der Waals surface area contributed by atoms with Crippen molar-refractivity contribution in [2.75, 3.05) is 0 Å². The molecule has 1 aliphatic heterocycles. The van der Waals surface area contributed by atoms with Gasteiger partial charge >= 0.3 is 0 Å². The molecule has 2 aliphatic rings. The summed E-state index contributed by atoms with van der Waals surface area (Å²) in [5, 5.41) is 0. The Bertz CT molecular complexity index is 588. The lowest BCUT2D eigenvalue weighted by Gasteiger charge is -2.18. The summed E-state index contributed by atoms with van der Waals surface area (Å²) in [6.07, 6.45) is 7.22. The fourth-order valence-electron chi connectivity index (χ4n) is 2.98. The van der Waals surface area contributed by atoms with Crippen molar-refractivity contribution >= 4 is 11.8 Å². The number of hydrazine groups is 2. The van der Waals surface area contributed by atoms with Crippen molar-refractivity contribution in [1.82, 2.24) is 21.7 Å². The standard InChI is InChI=1S/C17H22N4O2/c22-16(13-9-5-2-6-10-13)20-21-17(23)15-11-14(18-19-15)12-7-3-1-4-8-12/h1-5,7-8,13-15,18-19H,6,9-11H2,(H,20,22)(H,21,23). The van der Waals surface area contributed by atoms with E-state index in [1.165, 1.54) is 0 Å². The first kappa shape index (κ1) is 15.7. The first-order chi connectivity index (χ1) is 11.2. The molecule has 0 bridgehead atoms. The third kappa shape index (κ3) is 3.97. The van der Waals surface area contributed by atoms with Gasteiger partial charge in [-0.2, -0.15) is 0 Å². The number of hydrogen-bond donors (Lipinski definition) is 4. The van der Waals surface area contributed by atoms with E-state index in [4.69, 9.17) is 0 Å². The average Bonchev–Trinajstić information content (AvgIpc) is 3.11. The van der Waals surface area contributed by atoms with Crippen LogP contribution in [0.2, 0.25) is 0 Å². The minimum Gasteiger partial charge on any atom is -0.273 e. The zero-order valence-corrected chi connectivity index (χ0v) is 12.9. The van der Waals surface area contributed by atoms with Crippen LogP contribution in [0.3, 0.4) is 0 Å². The van der Waals surface area contributed by atoms with Gasteiger partial charge in [-0.3, -0.25) is 20.4 Å². The van der Waals surface area contributed by atoms with E-state index in [0.29, 0.717) is 6.42 Å². The third-order valence-corrected chi connectivity index (χ3v) is 4.37.